The third-order valence-corrected chi connectivity index (χ3v) is 3.63. The molecular formula is C16H19ClN2O. The first-order valence-electron chi connectivity index (χ1n) is 6.66. The quantitative estimate of drug-likeness (QED) is 0.780. The van der Waals surface area contributed by atoms with Crippen molar-refractivity contribution in [3.8, 4) is 11.3 Å². The molecule has 4 heteroatoms. The molecule has 1 heterocycles. The van der Waals surface area contributed by atoms with Crippen LogP contribution in [0.4, 0.5) is 0 Å². The van der Waals surface area contributed by atoms with Crippen molar-refractivity contribution in [2.24, 2.45) is 5.92 Å². The van der Waals surface area contributed by atoms with Gasteiger partial charge < -0.3 is 4.74 Å². The van der Waals surface area contributed by atoms with Crippen LogP contribution in [0.15, 0.2) is 30.3 Å². The molecule has 0 aliphatic carbocycles. The number of hydrogen-bond donors (Lipinski definition) is 0. The number of hydrogen-bond acceptors (Lipinski definition) is 3. The van der Waals surface area contributed by atoms with E-state index >= 15 is 0 Å². The minimum Gasteiger partial charge on any atom is -0.373 e. The molecule has 0 fully saturated rings. The summed E-state index contributed by atoms with van der Waals surface area (Å²) in [4.78, 5) is 9.06. The van der Waals surface area contributed by atoms with Crippen LogP contribution in [-0.4, -0.2) is 17.1 Å². The number of rotatable bonds is 4. The van der Waals surface area contributed by atoms with Crippen molar-refractivity contribution in [2.75, 3.05) is 7.11 Å². The van der Waals surface area contributed by atoms with E-state index in [-0.39, 0.29) is 12.0 Å². The van der Waals surface area contributed by atoms with Gasteiger partial charge in [-0.2, -0.15) is 0 Å². The molecule has 3 nitrogen and oxygen atoms in total. The van der Waals surface area contributed by atoms with Crippen LogP contribution in [0.25, 0.3) is 11.3 Å². The molecule has 1 unspecified atom stereocenters. The van der Waals surface area contributed by atoms with Crippen LogP contribution < -0.4 is 0 Å². The maximum absolute atomic E-state index is 6.27. The molecule has 0 bridgehead atoms. The van der Waals surface area contributed by atoms with E-state index in [1.54, 1.807) is 7.11 Å². The van der Waals surface area contributed by atoms with Gasteiger partial charge in [-0.05, 0) is 12.8 Å². The van der Waals surface area contributed by atoms with E-state index in [4.69, 9.17) is 16.3 Å². The Morgan fingerprint density at radius 1 is 1.10 bits per heavy atom. The van der Waals surface area contributed by atoms with E-state index in [1.165, 1.54) is 0 Å². The van der Waals surface area contributed by atoms with E-state index in [0.717, 1.165) is 16.8 Å². The Bertz CT molecular complexity index is 585. The molecule has 0 aliphatic rings. The summed E-state index contributed by atoms with van der Waals surface area (Å²) in [7, 11) is 1.67. The van der Waals surface area contributed by atoms with Crippen LogP contribution in [0.3, 0.4) is 0 Å². The Morgan fingerprint density at radius 2 is 1.75 bits per heavy atom. The SMILES string of the molecule is COC(c1nc(Cl)c(C)c(-c2ccccc2)n1)C(C)C. The zero-order chi connectivity index (χ0) is 14.7. The monoisotopic (exact) mass is 290 g/mol. The number of halogens is 1. The average Bonchev–Trinajstić information content (AvgIpc) is 2.43. The van der Waals surface area contributed by atoms with Gasteiger partial charge >= 0.3 is 0 Å². The van der Waals surface area contributed by atoms with Crippen LogP contribution in [0.5, 0.6) is 0 Å². The van der Waals surface area contributed by atoms with Crippen molar-refractivity contribution in [1.82, 2.24) is 9.97 Å². The van der Waals surface area contributed by atoms with E-state index in [9.17, 15) is 0 Å². The van der Waals surface area contributed by atoms with Crippen molar-refractivity contribution in [1.29, 1.82) is 0 Å². The summed E-state index contributed by atoms with van der Waals surface area (Å²) >= 11 is 6.27. The van der Waals surface area contributed by atoms with Crippen molar-refractivity contribution in [3.63, 3.8) is 0 Å². The van der Waals surface area contributed by atoms with Gasteiger partial charge in [-0.15, -0.1) is 0 Å². The van der Waals surface area contributed by atoms with E-state index in [2.05, 4.69) is 23.8 Å². The first-order chi connectivity index (χ1) is 9.54. The number of aromatic nitrogens is 2. The zero-order valence-electron chi connectivity index (χ0n) is 12.2. The minimum atomic E-state index is -0.157. The molecule has 0 amide bonds. The highest BCUT2D eigenvalue weighted by Crippen LogP contribution is 2.30. The largest absolute Gasteiger partial charge is 0.373 e. The van der Waals surface area contributed by atoms with E-state index in [0.29, 0.717) is 11.0 Å². The van der Waals surface area contributed by atoms with Gasteiger partial charge in [-0.3, -0.25) is 0 Å². The van der Waals surface area contributed by atoms with E-state index in [1.807, 2.05) is 37.3 Å². The van der Waals surface area contributed by atoms with Gasteiger partial charge in [0.1, 0.15) is 11.3 Å². The minimum absolute atomic E-state index is 0.157. The predicted octanol–water partition coefficient (Wildman–Crippen LogP) is 4.45. The van der Waals surface area contributed by atoms with Crippen LogP contribution in [0.2, 0.25) is 5.15 Å². The summed E-state index contributed by atoms with van der Waals surface area (Å²) in [5.74, 6) is 0.916. The Kier molecular flexibility index (Phi) is 4.73. The van der Waals surface area contributed by atoms with Crippen LogP contribution in [0.1, 0.15) is 31.3 Å². The summed E-state index contributed by atoms with van der Waals surface area (Å²) in [6, 6.07) is 10.00. The lowest BCUT2D eigenvalue weighted by molar-refractivity contribution is 0.0575. The first-order valence-corrected chi connectivity index (χ1v) is 7.04. The second-order valence-electron chi connectivity index (χ2n) is 5.11. The van der Waals surface area contributed by atoms with Crippen LogP contribution in [0, 0.1) is 12.8 Å². The van der Waals surface area contributed by atoms with Gasteiger partial charge in [-0.1, -0.05) is 55.8 Å². The van der Waals surface area contributed by atoms with Crippen molar-refractivity contribution in [2.45, 2.75) is 26.9 Å². The molecule has 20 heavy (non-hydrogen) atoms. The highest BCUT2D eigenvalue weighted by molar-refractivity contribution is 6.30. The number of ether oxygens (including phenoxy) is 1. The molecule has 0 aliphatic heterocycles. The Balaban J connectivity index is 2.56. The summed E-state index contributed by atoms with van der Waals surface area (Å²) in [6.07, 6.45) is -0.157. The molecule has 0 radical (unpaired) electrons. The third-order valence-electron chi connectivity index (χ3n) is 3.26. The molecule has 1 atom stereocenters. The predicted molar refractivity (Wildman–Crippen MR) is 81.8 cm³/mol. The molecule has 1 aromatic heterocycles. The van der Waals surface area contributed by atoms with Crippen molar-refractivity contribution < 1.29 is 4.74 Å². The Labute approximate surface area is 125 Å². The summed E-state index contributed by atoms with van der Waals surface area (Å²) in [6.45, 7) is 6.09. The molecule has 0 N–H and O–H groups in total. The lowest BCUT2D eigenvalue weighted by atomic mass is 10.0. The highest BCUT2D eigenvalue weighted by Gasteiger charge is 2.21. The summed E-state index contributed by atoms with van der Waals surface area (Å²) < 4.78 is 5.50. The maximum atomic E-state index is 6.27. The first kappa shape index (κ1) is 14.9. The molecule has 2 aromatic rings. The molecule has 0 spiro atoms. The van der Waals surface area contributed by atoms with Gasteiger partial charge in [0, 0.05) is 18.2 Å². The fraction of sp³-hybridized carbons (Fsp3) is 0.375. The second-order valence-corrected chi connectivity index (χ2v) is 5.47. The van der Waals surface area contributed by atoms with Gasteiger partial charge in [0.2, 0.25) is 0 Å². The second kappa shape index (κ2) is 6.33. The maximum Gasteiger partial charge on any atom is 0.159 e. The Hall–Kier alpha value is -1.45. The fourth-order valence-electron chi connectivity index (χ4n) is 2.19. The number of nitrogens with zero attached hydrogens (tertiary/aromatic N) is 2. The van der Waals surface area contributed by atoms with E-state index < -0.39 is 0 Å². The van der Waals surface area contributed by atoms with Gasteiger partial charge in [-0.25, -0.2) is 9.97 Å². The van der Waals surface area contributed by atoms with Crippen molar-refractivity contribution in [3.05, 3.63) is 46.9 Å². The molecule has 0 saturated carbocycles. The third kappa shape index (κ3) is 3.00. The van der Waals surface area contributed by atoms with Gasteiger partial charge in [0.25, 0.3) is 0 Å². The molecule has 0 saturated heterocycles. The molecular weight excluding hydrogens is 272 g/mol. The fourth-order valence-corrected chi connectivity index (χ4v) is 2.36. The Morgan fingerprint density at radius 3 is 2.30 bits per heavy atom. The van der Waals surface area contributed by atoms with Crippen LogP contribution in [-0.2, 0) is 4.74 Å². The summed E-state index contributed by atoms with van der Waals surface area (Å²) in [5, 5.41) is 0.483. The summed E-state index contributed by atoms with van der Waals surface area (Å²) in [5.41, 5.74) is 2.79. The number of benzene rings is 1. The molecule has 2 rings (SSSR count). The topological polar surface area (TPSA) is 35.0 Å². The zero-order valence-corrected chi connectivity index (χ0v) is 13.0. The smallest absolute Gasteiger partial charge is 0.159 e. The molecule has 106 valence electrons. The molecule has 1 aromatic carbocycles. The van der Waals surface area contributed by atoms with Crippen molar-refractivity contribution >= 4 is 11.6 Å². The normalized spacial score (nSPS) is 12.7. The van der Waals surface area contributed by atoms with Crippen LogP contribution >= 0.6 is 11.6 Å². The van der Waals surface area contributed by atoms with Gasteiger partial charge in [0.05, 0.1) is 5.69 Å². The lowest BCUT2D eigenvalue weighted by Crippen LogP contribution is -2.14. The average molecular weight is 291 g/mol. The standard InChI is InChI=1S/C16H19ClN2O/c1-10(2)14(20-4)16-18-13(11(3)15(17)19-16)12-8-6-5-7-9-12/h5-10,14H,1-4H3. The lowest BCUT2D eigenvalue weighted by Gasteiger charge is -2.19. The van der Waals surface area contributed by atoms with Gasteiger partial charge in [0.15, 0.2) is 5.82 Å². The number of methoxy groups -OCH3 is 1. The highest BCUT2D eigenvalue weighted by atomic mass is 35.5.